The zero-order valence-corrected chi connectivity index (χ0v) is 7.51. The maximum Gasteiger partial charge on any atom is 0.133 e. The molecule has 1 rings (SSSR count). The molecule has 0 aliphatic rings. The van der Waals surface area contributed by atoms with Crippen molar-refractivity contribution in [3.8, 4) is 5.40 Å². The van der Waals surface area contributed by atoms with E-state index in [0.717, 1.165) is 5.75 Å². The fourth-order valence-corrected chi connectivity index (χ4v) is 0.519. The minimum atomic E-state index is 0.899. The highest BCUT2D eigenvalue weighted by atomic mass is 32.2. The van der Waals surface area contributed by atoms with Gasteiger partial charge in [-0.3, -0.25) is 0 Å². The molecule has 0 radical (unpaired) electrons. The van der Waals surface area contributed by atoms with Crippen molar-refractivity contribution in [3.63, 3.8) is 0 Å². The van der Waals surface area contributed by atoms with Crippen LogP contribution in [0.15, 0.2) is 18.7 Å². The molecule has 1 heterocycles. The standard InChI is InChI=1S/C4H6N2.C3H5NS/c1-6-3-2-5-4-6;1-2-5-3-4/h2-4H,1H3;2H2,1H3. The van der Waals surface area contributed by atoms with Crippen LogP contribution in [0.4, 0.5) is 0 Å². The van der Waals surface area contributed by atoms with Gasteiger partial charge in [0.1, 0.15) is 5.40 Å². The maximum atomic E-state index is 7.78. The molecule has 0 aliphatic carbocycles. The number of hydrogen-bond donors (Lipinski definition) is 0. The Morgan fingerprint density at radius 3 is 2.55 bits per heavy atom. The summed E-state index contributed by atoms with van der Waals surface area (Å²) in [6.45, 7) is 1.95. The zero-order chi connectivity index (χ0) is 8.53. The van der Waals surface area contributed by atoms with Gasteiger partial charge < -0.3 is 4.57 Å². The van der Waals surface area contributed by atoms with Gasteiger partial charge in [0.2, 0.25) is 0 Å². The van der Waals surface area contributed by atoms with Gasteiger partial charge >= 0.3 is 0 Å². The predicted molar refractivity (Wildman–Crippen MR) is 47.0 cm³/mol. The van der Waals surface area contributed by atoms with Gasteiger partial charge in [0.15, 0.2) is 0 Å². The average molecular weight is 169 g/mol. The first kappa shape index (κ1) is 10.0. The molecule has 0 unspecified atom stereocenters. The molecule has 0 amide bonds. The highest BCUT2D eigenvalue weighted by Crippen LogP contribution is 1.89. The average Bonchev–Trinajstić information content (AvgIpc) is 2.43. The summed E-state index contributed by atoms with van der Waals surface area (Å²) in [6, 6.07) is 0. The molecule has 3 nitrogen and oxygen atoms in total. The first-order chi connectivity index (χ1) is 5.31. The van der Waals surface area contributed by atoms with E-state index >= 15 is 0 Å². The lowest BCUT2D eigenvalue weighted by molar-refractivity contribution is 0.913. The molecule has 0 fully saturated rings. The molecule has 60 valence electrons. The van der Waals surface area contributed by atoms with Gasteiger partial charge in [0.25, 0.3) is 0 Å². The molecule has 0 saturated carbocycles. The van der Waals surface area contributed by atoms with E-state index in [1.54, 1.807) is 12.5 Å². The number of rotatable bonds is 1. The third-order valence-corrected chi connectivity index (χ3v) is 1.26. The van der Waals surface area contributed by atoms with Crippen molar-refractivity contribution < 1.29 is 0 Å². The predicted octanol–water partition coefficient (Wildman–Crippen LogP) is 1.64. The normalized spacial score (nSPS) is 7.73. The van der Waals surface area contributed by atoms with Crippen LogP contribution in [0.3, 0.4) is 0 Å². The minimum absolute atomic E-state index is 0.899. The summed E-state index contributed by atoms with van der Waals surface area (Å²) in [5.41, 5.74) is 0. The number of thiocyanates is 1. The van der Waals surface area contributed by atoms with E-state index in [4.69, 9.17) is 5.26 Å². The van der Waals surface area contributed by atoms with E-state index in [0.29, 0.717) is 0 Å². The van der Waals surface area contributed by atoms with Crippen LogP contribution >= 0.6 is 11.8 Å². The zero-order valence-electron chi connectivity index (χ0n) is 6.69. The van der Waals surface area contributed by atoms with Gasteiger partial charge in [-0.25, -0.2) is 4.98 Å². The van der Waals surface area contributed by atoms with Crippen molar-refractivity contribution in [2.24, 2.45) is 7.05 Å². The monoisotopic (exact) mass is 169 g/mol. The van der Waals surface area contributed by atoms with Crippen molar-refractivity contribution in [1.82, 2.24) is 9.55 Å². The summed E-state index contributed by atoms with van der Waals surface area (Å²) >= 11 is 1.27. The molecule has 0 spiro atoms. The summed E-state index contributed by atoms with van der Waals surface area (Å²) < 4.78 is 1.89. The van der Waals surface area contributed by atoms with Gasteiger partial charge in [-0.05, 0) is 11.8 Å². The van der Waals surface area contributed by atoms with Crippen LogP contribution in [0.2, 0.25) is 0 Å². The van der Waals surface area contributed by atoms with E-state index in [-0.39, 0.29) is 0 Å². The van der Waals surface area contributed by atoms with Gasteiger partial charge in [0.05, 0.1) is 6.33 Å². The molecule has 0 N–H and O–H groups in total. The van der Waals surface area contributed by atoms with Crippen LogP contribution in [0.1, 0.15) is 6.92 Å². The van der Waals surface area contributed by atoms with Crippen LogP contribution in [0.5, 0.6) is 0 Å². The molecule has 0 aliphatic heterocycles. The molecule has 1 aromatic rings. The Bertz CT molecular complexity index is 200. The molecule has 0 bridgehead atoms. The van der Waals surface area contributed by atoms with Crippen LogP contribution in [-0.2, 0) is 7.05 Å². The first-order valence-corrected chi connectivity index (χ1v) is 4.22. The number of aryl methyl sites for hydroxylation is 1. The van der Waals surface area contributed by atoms with Gasteiger partial charge in [-0.2, -0.15) is 5.26 Å². The van der Waals surface area contributed by atoms with E-state index < -0.39 is 0 Å². The Labute approximate surface area is 71.1 Å². The fourth-order valence-electron chi connectivity index (χ4n) is 0.390. The smallest absolute Gasteiger partial charge is 0.133 e. The summed E-state index contributed by atoms with van der Waals surface area (Å²) in [5, 5.41) is 9.71. The molecule has 0 atom stereocenters. The summed E-state index contributed by atoms with van der Waals surface area (Å²) in [6.07, 6.45) is 5.39. The molecular formula is C7H11N3S. The van der Waals surface area contributed by atoms with Crippen molar-refractivity contribution in [3.05, 3.63) is 18.7 Å². The molecular weight excluding hydrogens is 158 g/mol. The van der Waals surface area contributed by atoms with E-state index in [1.165, 1.54) is 11.8 Å². The number of hydrogen-bond acceptors (Lipinski definition) is 3. The van der Waals surface area contributed by atoms with Crippen molar-refractivity contribution in [2.75, 3.05) is 5.75 Å². The molecule has 0 saturated heterocycles. The highest BCUT2D eigenvalue weighted by molar-refractivity contribution is 8.03. The SMILES string of the molecule is CCSC#N.Cn1ccnc1. The van der Waals surface area contributed by atoms with Crippen molar-refractivity contribution in [2.45, 2.75) is 6.92 Å². The Morgan fingerprint density at radius 2 is 2.45 bits per heavy atom. The van der Waals surface area contributed by atoms with Crippen molar-refractivity contribution >= 4 is 11.8 Å². The van der Waals surface area contributed by atoms with Crippen LogP contribution < -0.4 is 0 Å². The third-order valence-electron chi connectivity index (χ3n) is 0.846. The van der Waals surface area contributed by atoms with E-state index in [2.05, 4.69) is 4.98 Å². The number of imidazole rings is 1. The largest absolute Gasteiger partial charge is 0.341 e. The Balaban J connectivity index is 0.000000187. The highest BCUT2D eigenvalue weighted by Gasteiger charge is 1.69. The topological polar surface area (TPSA) is 41.6 Å². The van der Waals surface area contributed by atoms with Gasteiger partial charge in [0, 0.05) is 25.2 Å². The fraction of sp³-hybridized carbons (Fsp3) is 0.429. The van der Waals surface area contributed by atoms with E-state index in [1.807, 2.05) is 30.1 Å². The number of nitriles is 1. The van der Waals surface area contributed by atoms with Crippen LogP contribution in [-0.4, -0.2) is 15.3 Å². The van der Waals surface area contributed by atoms with Gasteiger partial charge in [-0.1, -0.05) is 6.92 Å². The molecule has 4 heteroatoms. The summed E-state index contributed by atoms with van der Waals surface area (Å²) in [4.78, 5) is 3.78. The Morgan fingerprint density at radius 1 is 1.73 bits per heavy atom. The van der Waals surface area contributed by atoms with Gasteiger partial charge in [-0.15, -0.1) is 0 Å². The lowest BCUT2D eigenvalue weighted by atomic mass is 10.9. The second-order valence-corrected chi connectivity index (χ2v) is 2.80. The molecule has 11 heavy (non-hydrogen) atoms. The van der Waals surface area contributed by atoms with E-state index in [9.17, 15) is 0 Å². The Hall–Kier alpha value is -0.950. The first-order valence-electron chi connectivity index (χ1n) is 3.24. The molecule has 1 aromatic heterocycles. The Kier molecular flexibility index (Phi) is 6.54. The lowest BCUT2D eigenvalue weighted by Crippen LogP contribution is -1.76. The second-order valence-electron chi connectivity index (χ2n) is 1.75. The number of thioether (sulfide) groups is 1. The van der Waals surface area contributed by atoms with Crippen LogP contribution in [0, 0.1) is 10.7 Å². The molecule has 0 aromatic carbocycles. The van der Waals surface area contributed by atoms with Crippen LogP contribution in [0.25, 0.3) is 0 Å². The maximum absolute atomic E-state index is 7.78. The summed E-state index contributed by atoms with van der Waals surface area (Å²) in [7, 11) is 1.94. The summed E-state index contributed by atoms with van der Waals surface area (Å²) in [5.74, 6) is 0.899. The second kappa shape index (κ2) is 7.16. The third kappa shape index (κ3) is 6.94. The minimum Gasteiger partial charge on any atom is -0.341 e. The van der Waals surface area contributed by atoms with Crippen molar-refractivity contribution in [1.29, 1.82) is 5.26 Å². The lowest BCUT2D eigenvalue weighted by Gasteiger charge is -1.76. The number of aromatic nitrogens is 2. The quantitative estimate of drug-likeness (QED) is 0.600. The number of nitrogens with zero attached hydrogens (tertiary/aromatic N) is 3.